The predicted molar refractivity (Wildman–Crippen MR) is 87.7 cm³/mol. The Bertz CT molecular complexity index is 475. The highest BCUT2D eigenvalue weighted by Crippen LogP contribution is 2.48. The van der Waals surface area contributed by atoms with E-state index in [1.807, 2.05) is 18.7 Å². The Morgan fingerprint density at radius 2 is 1.61 bits per heavy atom. The highest BCUT2D eigenvalue weighted by atomic mass is 16.5. The molecule has 0 N–H and O–H groups in total. The molecule has 3 rings (SSSR count). The molecule has 0 aromatic heterocycles. The quantitative estimate of drug-likeness (QED) is 0.745. The van der Waals surface area contributed by atoms with E-state index in [4.69, 9.17) is 4.74 Å². The largest absolute Gasteiger partial charge is 0.353 e. The van der Waals surface area contributed by atoms with E-state index in [-0.39, 0.29) is 23.3 Å². The van der Waals surface area contributed by atoms with Crippen LogP contribution in [-0.4, -0.2) is 52.6 Å². The first-order valence-corrected chi connectivity index (χ1v) is 9.14. The average molecular weight is 322 g/mol. The van der Waals surface area contributed by atoms with Crippen molar-refractivity contribution in [2.24, 2.45) is 5.92 Å². The molecule has 2 saturated heterocycles. The summed E-state index contributed by atoms with van der Waals surface area (Å²) in [7, 11) is 0. The van der Waals surface area contributed by atoms with Gasteiger partial charge in [0.15, 0.2) is 0 Å². The molecule has 0 atom stereocenters. The number of amides is 2. The number of hydrogen-bond donors (Lipinski definition) is 0. The van der Waals surface area contributed by atoms with Crippen molar-refractivity contribution in [3.63, 3.8) is 0 Å². The fourth-order valence-electron chi connectivity index (χ4n) is 4.84. The average Bonchev–Trinajstić information content (AvgIpc) is 2.82. The summed E-state index contributed by atoms with van der Waals surface area (Å²) in [5.74, 6) is 0.370. The number of hydrogen-bond acceptors (Lipinski definition) is 3. The Balaban J connectivity index is 1.77. The van der Waals surface area contributed by atoms with Crippen molar-refractivity contribution in [1.29, 1.82) is 0 Å². The fourth-order valence-corrected chi connectivity index (χ4v) is 4.84. The molecule has 2 aliphatic heterocycles. The Labute approximate surface area is 139 Å². The highest BCUT2D eigenvalue weighted by molar-refractivity contribution is 5.78. The van der Waals surface area contributed by atoms with Gasteiger partial charge in [-0.15, -0.1) is 0 Å². The van der Waals surface area contributed by atoms with Gasteiger partial charge in [-0.3, -0.25) is 9.59 Å². The van der Waals surface area contributed by atoms with E-state index in [0.29, 0.717) is 19.7 Å². The first-order valence-electron chi connectivity index (χ1n) is 9.14. The number of carbonyl (C=O) groups is 2. The second kappa shape index (κ2) is 6.08. The molecule has 0 aromatic rings. The normalized spacial score (nSPS) is 26.3. The zero-order valence-electron chi connectivity index (χ0n) is 14.8. The zero-order chi connectivity index (χ0) is 16.7. The molecule has 3 aliphatic rings. The van der Waals surface area contributed by atoms with Crippen molar-refractivity contribution in [3.8, 4) is 0 Å². The molecular formula is C18H30N2O3. The molecule has 5 heteroatoms. The van der Waals surface area contributed by atoms with Crippen molar-refractivity contribution in [2.75, 3.05) is 19.7 Å². The van der Waals surface area contributed by atoms with Crippen LogP contribution in [0, 0.1) is 5.92 Å². The maximum atomic E-state index is 12.5. The number of ether oxygens (including phenoxy) is 1. The maximum absolute atomic E-state index is 12.5. The number of rotatable bonds is 1. The van der Waals surface area contributed by atoms with Gasteiger partial charge in [-0.2, -0.15) is 0 Å². The third kappa shape index (κ3) is 2.77. The lowest BCUT2D eigenvalue weighted by atomic mass is 9.80. The summed E-state index contributed by atoms with van der Waals surface area (Å²) in [5.41, 5.74) is -0.564. The minimum Gasteiger partial charge on any atom is -0.353 e. The van der Waals surface area contributed by atoms with Crippen LogP contribution in [0.4, 0.5) is 0 Å². The van der Waals surface area contributed by atoms with Gasteiger partial charge >= 0.3 is 0 Å². The number of nitrogens with zero attached hydrogens (tertiary/aromatic N) is 2. The second-order valence-corrected chi connectivity index (χ2v) is 7.85. The van der Waals surface area contributed by atoms with E-state index in [2.05, 4.69) is 4.90 Å². The van der Waals surface area contributed by atoms with Gasteiger partial charge in [0, 0.05) is 38.8 Å². The van der Waals surface area contributed by atoms with Gasteiger partial charge in [0.05, 0.1) is 12.1 Å². The summed E-state index contributed by atoms with van der Waals surface area (Å²) in [5, 5.41) is 0. The number of piperidine rings is 1. The monoisotopic (exact) mass is 322 g/mol. The third-order valence-electron chi connectivity index (χ3n) is 5.94. The first kappa shape index (κ1) is 16.7. The number of likely N-dealkylation sites (tertiary alicyclic amines) is 1. The Morgan fingerprint density at radius 1 is 1.00 bits per heavy atom. The van der Waals surface area contributed by atoms with Gasteiger partial charge < -0.3 is 14.5 Å². The molecule has 3 fully saturated rings. The van der Waals surface area contributed by atoms with E-state index in [9.17, 15) is 9.59 Å². The molecule has 0 bridgehead atoms. The summed E-state index contributed by atoms with van der Waals surface area (Å²) in [6.45, 7) is 7.62. The van der Waals surface area contributed by atoms with Gasteiger partial charge in [-0.25, -0.2) is 0 Å². The lowest BCUT2D eigenvalue weighted by Gasteiger charge is -2.49. The van der Waals surface area contributed by atoms with Crippen molar-refractivity contribution >= 4 is 11.8 Å². The van der Waals surface area contributed by atoms with Gasteiger partial charge in [0.1, 0.15) is 5.72 Å². The maximum Gasteiger partial charge on any atom is 0.225 e. The Morgan fingerprint density at radius 3 is 2.13 bits per heavy atom. The van der Waals surface area contributed by atoms with Gasteiger partial charge in [-0.05, 0) is 12.8 Å². The minimum absolute atomic E-state index is 0.0298. The van der Waals surface area contributed by atoms with Crippen LogP contribution < -0.4 is 0 Å². The van der Waals surface area contributed by atoms with Gasteiger partial charge in [0.2, 0.25) is 11.8 Å². The summed E-state index contributed by atoms with van der Waals surface area (Å²) in [6.07, 6.45) is 7.23. The van der Waals surface area contributed by atoms with E-state index >= 15 is 0 Å². The van der Waals surface area contributed by atoms with Crippen LogP contribution in [0.25, 0.3) is 0 Å². The highest BCUT2D eigenvalue weighted by Gasteiger charge is 2.58. The summed E-state index contributed by atoms with van der Waals surface area (Å²) >= 11 is 0. The molecule has 1 saturated carbocycles. The van der Waals surface area contributed by atoms with Gasteiger partial charge in [0.25, 0.3) is 0 Å². The molecule has 0 radical (unpaired) electrons. The lowest BCUT2D eigenvalue weighted by Crippen LogP contribution is -2.61. The molecule has 1 aliphatic carbocycles. The summed E-state index contributed by atoms with van der Waals surface area (Å²) < 4.78 is 6.30. The Kier molecular flexibility index (Phi) is 4.43. The minimum atomic E-state index is -0.475. The second-order valence-electron chi connectivity index (χ2n) is 7.85. The van der Waals surface area contributed by atoms with Crippen LogP contribution in [0.15, 0.2) is 0 Å². The fraction of sp³-hybridized carbons (Fsp3) is 0.889. The number of carbonyl (C=O) groups excluding carboxylic acids is 2. The molecule has 2 amide bonds. The summed E-state index contributed by atoms with van der Waals surface area (Å²) in [6, 6.07) is 0. The zero-order valence-corrected chi connectivity index (χ0v) is 14.8. The van der Waals surface area contributed by atoms with Crippen LogP contribution >= 0.6 is 0 Å². The van der Waals surface area contributed by atoms with E-state index in [1.54, 1.807) is 6.92 Å². The smallest absolute Gasteiger partial charge is 0.225 e. The van der Waals surface area contributed by atoms with E-state index < -0.39 is 5.72 Å². The van der Waals surface area contributed by atoms with E-state index in [1.165, 1.54) is 19.3 Å². The Hall–Kier alpha value is -1.10. The van der Waals surface area contributed by atoms with E-state index in [0.717, 1.165) is 25.7 Å². The molecule has 2 heterocycles. The molecular weight excluding hydrogens is 292 g/mol. The van der Waals surface area contributed by atoms with Gasteiger partial charge in [-0.1, -0.05) is 33.1 Å². The van der Waals surface area contributed by atoms with Crippen molar-refractivity contribution in [3.05, 3.63) is 0 Å². The molecule has 130 valence electrons. The van der Waals surface area contributed by atoms with Crippen molar-refractivity contribution in [2.45, 2.75) is 77.0 Å². The molecule has 2 spiro atoms. The topological polar surface area (TPSA) is 49.9 Å². The first-order chi connectivity index (χ1) is 10.9. The molecule has 5 nitrogen and oxygen atoms in total. The third-order valence-corrected chi connectivity index (χ3v) is 5.94. The SMILES string of the molecule is CC(=O)N1C2(CCCCC2)COC12CCN(C(=O)C(C)C)CC2. The van der Waals surface area contributed by atoms with Crippen LogP contribution in [0.5, 0.6) is 0 Å². The van der Waals surface area contributed by atoms with Crippen molar-refractivity contribution < 1.29 is 14.3 Å². The van der Waals surface area contributed by atoms with Crippen LogP contribution in [0.2, 0.25) is 0 Å². The molecule has 0 unspecified atom stereocenters. The van der Waals surface area contributed by atoms with Crippen LogP contribution in [-0.2, 0) is 14.3 Å². The lowest BCUT2D eigenvalue weighted by molar-refractivity contribution is -0.166. The molecule has 23 heavy (non-hydrogen) atoms. The predicted octanol–water partition coefficient (Wildman–Crippen LogP) is 2.54. The summed E-state index contributed by atoms with van der Waals surface area (Å²) in [4.78, 5) is 28.7. The van der Waals surface area contributed by atoms with Crippen LogP contribution in [0.3, 0.4) is 0 Å². The molecule has 0 aromatic carbocycles. The van der Waals surface area contributed by atoms with Crippen molar-refractivity contribution in [1.82, 2.24) is 9.80 Å². The standard InChI is InChI=1S/C18H30N2O3/c1-14(2)16(22)19-11-9-18(10-12-19)20(15(3)21)17(13-23-18)7-5-4-6-8-17/h14H,4-13H2,1-3H3. The van der Waals surface area contributed by atoms with Crippen LogP contribution in [0.1, 0.15) is 65.7 Å².